The monoisotopic (exact) mass is 268 g/mol. The van der Waals surface area contributed by atoms with Gasteiger partial charge in [0.15, 0.2) is 0 Å². The molecule has 2 nitrogen and oxygen atoms in total. The molecule has 80 valence electrons. The number of rotatable bonds is 3. The summed E-state index contributed by atoms with van der Waals surface area (Å²) in [5.74, 6) is 0.475. The highest BCUT2D eigenvalue weighted by atomic mass is 79.9. The summed E-state index contributed by atoms with van der Waals surface area (Å²) in [5.41, 5.74) is 1.07. The predicted octanol–water partition coefficient (Wildman–Crippen LogP) is 3.66. The number of hydrogen-bond acceptors (Lipinski definition) is 2. The second-order valence-corrected chi connectivity index (χ2v) is 4.25. The first-order valence-electron chi connectivity index (χ1n) is 4.64. The molecule has 1 aromatic rings. The second kappa shape index (κ2) is 5.12. The maximum atomic E-state index is 10.8. The predicted molar refractivity (Wildman–Crippen MR) is 64.1 cm³/mol. The number of allylic oxidation sites excluding steroid dienone is 1. The fraction of sp³-hybridized carbons (Fsp3) is 0.250. The number of halogens is 1. The van der Waals surface area contributed by atoms with Crippen LogP contribution in [0.5, 0.6) is 5.75 Å². The molecule has 1 aromatic carbocycles. The van der Waals surface area contributed by atoms with Crippen LogP contribution in [0.3, 0.4) is 0 Å². The summed E-state index contributed by atoms with van der Waals surface area (Å²) in [6, 6.07) is 5.60. The molecule has 1 unspecified atom stereocenters. The van der Waals surface area contributed by atoms with Crippen molar-refractivity contribution in [2.45, 2.75) is 19.8 Å². The second-order valence-electron chi connectivity index (χ2n) is 3.34. The van der Waals surface area contributed by atoms with Gasteiger partial charge in [-0.1, -0.05) is 28.9 Å². The fourth-order valence-electron chi connectivity index (χ4n) is 1.21. The van der Waals surface area contributed by atoms with E-state index in [1.807, 2.05) is 25.1 Å². The van der Waals surface area contributed by atoms with Crippen LogP contribution in [-0.2, 0) is 4.79 Å². The first kappa shape index (κ1) is 12.0. The van der Waals surface area contributed by atoms with Gasteiger partial charge in [0.05, 0.1) is 0 Å². The molecule has 1 atom stereocenters. The first-order chi connectivity index (χ1) is 7.02. The van der Waals surface area contributed by atoms with E-state index in [2.05, 4.69) is 22.5 Å². The maximum Gasteiger partial charge on any atom is 0.308 e. The zero-order chi connectivity index (χ0) is 11.4. The normalized spacial score (nSPS) is 11.9. The van der Waals surface area contributed by atoms with Crippen molar-refractivity contribution in [3.8, 4) is 5.75 Å². The van der Waals surface area contributed by atoms with Gasteiger partial charge in [-0.3, -0.25) is 4.79 Å². The summed E-state index contributed by atoms with van der Waals surface area (Å²) in [7, 11) is 0. The number of esters is 1. The molecular formula is C12H13BrO2. The van der Waals surface area contributed by atoms with Crippen LogP contribution in [0.2, 0.25) is 0 Å². The van der Waals surface area contributed by atoms with Gasteiger partial charge in [-0.15, -0.1) is 6.58 Å². The number of benzene rings is 1. The first-order valence-corrected chi connectivity index (χ1v) is 5.43. The van der Waals surface area contributed by atoms with Crippen molar-refractivity contribution < 1.29 is 9.53 Å². The third kappa shape index (κ3) is 3.51. The Morgan fingerprint density at radius 3 is 2.73 bits per heavy atom. The lowest BCUT2D eigenvalue weighted by Crippen LogP contribution is -2.02. The van der Waals surface area contributed by atoms with Gasteiger partial charge < -0.3 is 4.74 Å². The van der Waals surface area contributed by atoms with E-state index < -0.39 is 0 Å². The highest BCUT2D eigenvalue weighted by molar-refractivity contribution is 9.10. The van der Waals surface area contributed by atoms with Crippen LogP contribution in [-0.4, -0.2) is 5.97 Å². The van der Waals surface area contributed by atoms with Gasteiger partial charge in [-0.2, -0.15) is 0 Å². The Bertz CT molecular complexity index is 385. The summed E-state index contributed by atoms with van der Waals surface area (Å²) >= 11 is 3.37. The van der Waals surface area contributed by atoms with Crippen LogP contribution >= 0.6 is 15.9 Å². The summed E-state index contributed by atoms with van der Waals surface area (Å²) < 4.78 is 5.92. The van der Waals surface area contributed by atoms with E-state index in [4.69, 9.17) is 4.74 Å². The van der Waals surface area contributed by atoms with Crippen LogP contribution in [0.25, 0.3) is 0 Å². The average molecular weight is 269 g/mol. The molecule has 0 spiro atoms. The molecule has 15 heavy (non-hydrogen) atoms. The zero-order valence-corrected chi connectivity index (χ0v) is 10.4. The van der Waals surface area contributed by atoms with Gasteiger partial charge >= 0.3 is 5.97 Å². The molecular weight excluding hydrogens is 256 g/mol. The molecule has 0 bridgehead atoms. The van der Waals surface area contributed by atoms with Crippen LogP contribution in [0.15, 0.2) is 35.3 Å². The largest absolute Gasteiger partial charge is 0.427 e. The smallest absolute Gasteiger partial charge is 0.308 e. The molecule has 0 heterocycles. The lowest BCUT2D eigenvalue weighted by Gasteiger charge is -2.09. The van der Waals surface area contributed by atoms with E-state index in [0.29, 0.717) is 5.75 Å². The van der Waals surface area contributed by atoms with Crippen LogP contribution in [0.1, 0.15) is 25.3 Å². The summed E-state index contributed by atoms with van der Waals surface area (Å²) in [5, 5.41) is 0. The highest BCUT2D eigenvalue weighted by Crippen LogP contribution is 2.26. The van der Waals surface area contributed by atoms with Gasteiger partial charge in [0.2, 0.25) is 0 Å². The quantitative estimate of drug-likeness (QED) is 0.475. The Morgan fingerprint density at radius 1 is 1.53 bits per heavy atom. The van der Waals surface area contributed by atoms with Gasteiger partial charge in [0.25, 0.3) is 0 Å². The molecule has 1 rings (SSSR count). The standard InChI is InChI=1S/C12H13BrO2/c1-4-8(2)10-5-11(13)7-12(6-10)15-9(3)14/h4-8H,1H2,2-3H3. The van der Waals surface area contributed by atoms with Crippen molar-refractivity contribution in [2.24, 2.45) is 0 Å². The molecule has 0 aliphatic heterocycles. The molecule has 0 saturated carbocycles. The molecule has 3 heteroatoms. The lowest BCUT2D eigenvalue weighted by atomic mass is 10.0. The van der Waals surface area contributed by atoms with E-state index in [0.717, 1.165) is 10.0 Å². The molecule has 0 fully saturated rings. The highest BCUT2D eigenvalue weighted by Gasteiger charge is 2.06. The van der Waals surface area contributed by atoms with Gasteiger partial charge in [-0.25, -0.2) is 0 Å². The van der Waals surface area contributed by atoms with Crippen molar-refractivity contribution in [1.29, 1.82) is 0 Å². The zero-order valence-electron chi connectivity index (χ0n) is 8.79. The van der Waals surface area contributed by atoms with Crippen LogP contribution < -0.4 is 4.74 Å². The molecule has 0 aromatic heterocycles. The van der Waals surface area contributed by atoms with Crippen molar-refractivity contribution in [2.75, 3.05) is 0 Å². The third-order valence-electron chi connectivity index (χ3n) is 2.03. The minimum atomic E-state index is -0.315. The van der Waals surface area contributed by atoms with Crippen molar-refractivity contribution in [1.82, 2.24) is 0 Å². The van der Waals surface area contributed by atoms with Gasteiger partial charge in [0, 0.05) is 11.4 Å². The SMILES string of the molecule is C=CC(C)c1cc(Br)cc(OC(C)=O)c1. The van der Waals surface area contributed by atoms with Crippen LogP contribution in [0, 0.1) is 0 Å². The fourth-order valence-corrected chi connectivity index (χ4v) is 1.70. The third-order valence-corrected chi connectivity index (χ3v) is 2.49. The summed E-state index contributed by atoms with van der Waals surface area (Å²) in [4.78, 5) is 10.8. The maximum absolute atomic E-state index is 10.8. The molecule has 0 radical (unpaired) electrons. The Kier molecular flexibility index (Phi) is 4.09. The minimum Gasteiger partial charge on any atom is -0.427 e. The summed E-state index contributed by atoms with van der Waals surface area (Å²) in [6.07, 6.45) is 1.85. The van der Waals surface area contributed by atoms with Gasteiger partial charge in [0.1, 0.15) is 5.75 Å². The summed E-state index contributed by atoms with van der Waals surface area (Å²) in [6.45, 7) is 7.15. The Labute approximate surface area is 98.1 Å². The van der Waals surface area contributed by atoms with E-state index in [9.17, 15) is 4.79 Å². The Morgan fingerprint density at radius 2 is 2.20 bits per heavy atom. The van der Waals surface area contributed by atoms with Gasteiger partial charge in [-0.05, 0) is 29.7 Å². The molecule has 0 aliphatic rings. The van der Waals surface area contributed by atoms with E-state index in [-0.39, 0.29) is 11.9 Å². The average Bonchev–Trinajstić information content (AvgIpc) is 2.14. The van der Waals surface area contributed by atoms with E-state index in [1.54, 1.807) is 6.07 Å². The minimum absolute atomic E-state index is 0.233. The molecule has 0 saturated heterocycles. The van der Waals surface area contributed by atoms with E-state index in [1.165, 1.54) is 6.92 Å². The van der Waals surface area contributed by atoms with E-state index >= 15 is 0 Å². The number of carbonyl (C=O) groups excluding carboxylic acids is 1. The molecule has 0 amide bonds. The Balaban J connectivity index is 3.04. The van der Waals surface area contributed by atoms with Crippen LogP contribution in [0.4, 0.5) is 0 Å². The lowest BCUT2D eigenvalue weighted by molar-refractivity contribution is -0.131. The van der Waals surface area contributed by atoms with Crippen molar-refractivity contribution in [3.05, 3.63) is 40.9 Å². The molecule has 0 aliphatic carbocycles. The number of carbonyl (C=O) groups is 1. The van der Waals surface area contributed by atoms with Crippen molar-refractivity contribution >= 4 is 21.9 Å². The van der Waals surface area contributed by atoms with Crippen molar-refractivity contribution in [3.63, 3.8) is 0 Å². The number of hydrogen-bond donors (Lipinski definition) is 0. The molecule has 0 N–H and O–H groups in total. The topological polar surface area (TPSA) is 26.3 Å². The Hall–Kier alpha value is -1.09. The number of ether oxygens (including phenoxy) is 1.